The molecule has 0 bridgehead atoms. The Bertz CT molecular complexity index is 305. The van der Waals surface area contributed by atoms with Crippen LogP contribution in [0, 0.1) is 0 Å². The summed E-state index contributed by atoms with van der Waals surface area (Å²) in [7, 11) is 0. The van der Waals surface area contributed by atoms with E-state index < -0.39 is 0 Å². The minimum atomic E-state index is 0.589. The second-order valence-electron chi connectivity index (χ2n) is 3.48. The summed E-state index contributed by atoms with van der Waals surface area (Å²) in [5.41, 5.74) is 0.589. The predicted octanol–water partition coefficient (Wildman–Crippen LogP) is 2.78. The third-order valence-corrected chi connectivity index (χ3v) is 4.65. The number of carbonyl (C=O) groups is 1. The summed E-state index contributed by atoms with van der Waals surface area (Å²) in [5.74, 6) is 1.29. The van der Waals surface area contributed by atoms with Gasteiger partial charge in [-0.1, -0.05) is 6.42 Å². The zero-order valence-corrected chi connectivity index (χ0v) is 9.57. The molecule has 76 valence electrons. The van der Waals surface area contributed by atoms with Crippen LogP contribution in [-0.4, -0.2) is 22.3 Å². The average molecular weight is 227 g/mol. The lowest BCUT2D eigenvalue weighted by Crippen LogP contribution is -2.12. The number of aromatic nitrogens is 1. The molecular weight excluding hydrogens is 214 g/mol. The summed E-state index contributed by atoms with van der Waals surface area (Å²) in [6.45, 7) is 0. The molecule has 0 aliphatic carbocycles. The van der Waals surface area contributed by atoms with E-state index in [1.54, 1.807) is 11.3 Å². The molecule has 0 spiro atoms. The topological polar surface area (TPSA) is 30.0 Å². The first kappa shape index (κ1) is 10.2. The number of nitrogens with zero attached hydrogens (tertiary/aromatic N) is 1. The standard InChI is InChI=1S/C10H13NOS2/c12-6-8-7-14-10(11-8)5-9-3-1-2-4-13-9/h6-7,9H,1-5H2. The van der Waals surface area contributed by atoms with Crippen LogP contribution in [0.15, 0.2) is 5.38 Å². The second kappa shape index (κ2) is 4.94. The minimum Gasteiger partial charge on any atom is -0.296 e. The van der Waals surface area contributed by atoms with E-state index in [9.17, 15) is 4.79 Å². The molecular formula is C10H13NOS2. The maximum Gasteiger partial charge on any atom is 0.169 e. The molecule has 0 radical (unpaired) electrons. The van der Waals surface area contributed by atoms with Crippen molar-refractivity contribution in [1.82, 2.24) is 4.98 Å². The van der Waals surface area contributed by atoms with Crippen molar-refractivity contribution >= 4 is 29.4 Å². The molecule has 0 N–H and O–H groups in total. The van der Waals surface area contributed by atoms with Crippen molar-refractivity contribution in [3.05, 3.63) is 16.1 Å². The highest BCUT2D eigenvalue weighted by Crippen LogP contribution is 2.28. The van der Waals surface area contributed by atoms with Crippen molar-refractivity contribution in [2.75, 3.05) is 5.75 Å². The van der Waals surface area contributed by atoms with Gasteiger partial charge in [-0.25, -0.2) is 4.98 Å². The molecule has 1 atom stereocenters. The lowest BCUT2D eigenvalue weighted by atomic mass is 10.1. The Balaban J connectivity index is 1.92. The Morgan fingerprint density at radius 2 is 2.50 bits per heavy atom. The van der Waals surface area contributed by atoms with Crippen LogP contribution in [-0.2, 0) is 6.42 Å². The van der Waals surface area contributed by atoms with Gasteiger partial charge < -0.3 is 0 Å². The normalized spacial score (nSPS) is 22.1. The largest absolute Gasteiger partial charge is 0.296 e. The van der Waals surface area contributed by atoms with E-state index in [-0.39, 0.29) is 0 Å². The predicted molar refractivity (Wildman–Crippen MR) is 61.3 cm³/mol. The Labute approximate surface area is 92.1 Å². The first-order chi connectivity index (χ1) is 6.88. The van der Waals surface area contributed by atoms with Crippen LogP contribution in [0.2, 0.25) is 0 Å². The smallest absolute Gasteiger partial charge is 0.169 e. The Morgan fingerprint density at radius 1 is 1.57 bits per heavy atom. The van der Waals surface area contributed by atoms with Gasteiger partial charge in [-0.05, 0) is 18.6 Å². The van der Waals surface area contributed by atoms with Gasteiger partial charge in [0.1, 0.15) is 5.69 Å². The molecule has 1 aliphatic heterocycles. The second-order valence-corrected chi connectivity index (χ2v) is 5.83. The molecule has 2 heterocycles. The number of thiazole rings is 1. The quantitative estimate of drug-likeness (QED) is 0.744. The summed E-state index contributed by atoms with van der Waals surface area (Å²) in [6, 6.07) is 0. The number of hydrogen-bond donors (Lipinski definition) is 0. The van der Waals surface area contributed by atoms with Crippen LogP contribution in [0.5, 0.6) is 0 Å². The van der Waals surface area contributed by atoms with Gasteiger partial charge in [-0.2, -0.15) is 11.8 Å². The maximum absolute atomic E-state index is 10.5. The molecule has 0 saturated carbocycles. The van der Waals surface area contributed by atoms with Gasteiger partial charge in [0.15, 0.2) is 6.29 Å². The third-order valence-electron chi connectivity index (χ3n) is 2.37. The molecule has 0 amide bonds. The molecule has 2 nitrogen and oxygen atoms in total. The van der Waals surface area contributed by atoms with E-state index in [0.29, 0.717) is 5.69 Å². The molecule has 1 fully saturated rings. The lowest BCUT2D eigenvalue weighted by Gasteiger charge is -2.19. The number of thioether (sulfide) groups is 1. The summed E-state index contributed by atoms with van der Waals surface area (Å²) in [4.78, 5) is 14.7. The molecule has 4 heteroatoms. The van der Waals surface area contributed by atoms with Gasteiger partial charge >= 0.3 is 0 Å². The Kier molecular flexibility index (Phi) is 3.59. The fraction of sp³-hybridized carbons (Fsp3) is 0.600. The van der Waals surface area contributed by atoms with Gasteiger partial charge in [-0.15, -0.1) is 11.3 Å². The van der Waals surface area contributed by atoms with E-state index >= 15 is 0 Å². The molecule has 0 aromatic carbocycles. The van der Waals surface area contributed by atoms with Crippen molar-refractivity contribution in [2.45, 2.75) is 30.9 Å². The van der Waals surface area contributed by atoms with E-state index in [0.717, 1.165) is 23.0 Å². The van der Waals surface area contributed by atoms with E-state index in [1.807, 2.05) is 5.38 Å². The Morgan fingerprint density at radius 3 is 3.14 bits per heavy atom. The first-order valence-corrected chi connectivity index (χ1v) is 6.82. The zero-order valence-electron chi connectivity index (χ0n) is 7.94. The molecule has 1 unspecified atom stereocenters. The van der Waals surface area contributed by atoms with Crippen molar-refractivity contribution in [3.8, 4) is 0 Å². The maximum atomic E-state index is 10.5. The molecule has 14 heavy (non-hydrogen) atoms. The fourth-order valence-electron chi connectivity index (χ4n) is 1.64. The lowest BCUT2D eigenvalue weighted by molar-refractivity contribution is 0.111. The molecule has 1 aromatic rings. The van der Waals surface area contributed by atoms with Crippen LogP contribution in [0.3, 0.4) is 0 Å². The van der Waals surface area contributed by atoms with Crippen molar-refractivity contribution in [3.63, 3.8) is 0 Å². The SMILES string of the molecule is O=Cc1csc(CC2CCCCS2)n1. The highest BCUT2D eigenvalue weighted by molar-refractivity contribution is 7.99. The number of hydrogen-bond acceptors (Lipinski definition) is 4. The van der Waals surface area contributed by atoms with Gasteiger partial charge in [0.05, 0.1) is 5.01 Å². The van der Waals surface area contributed by atoms with Gasteiger partial charge in [0.2, 0.25) is 0 Å². The average Bonchev–Trinajstić information content (AvgIpc) is 2.67. The summed E-state index contributed by atoms with van der Waals surface area (Å²) < 4.78 is 0. The van der Waals surface area contributed by atoms with Gasteiger partial charge in [-0.3, -0.25) is 4.79 Å². The van der Waals surface area contributed by atoms with E-state index in [1.165, 1.54) is 25.0 Å². The molecule has 1 saturated heterocycles. The third kappa shape index (κ3) is 2.58. The monoisotopic (exact) mass is 227 g/mol. The van der Waals surface area contributed by atoms with E-state index in [2.05, 4.69) is 16.7 Å². The number of carbonyl (C=O) groups excluding carboxylic acids is 1. The van der Waals surface area contributed by atoms with Gasteiger partial charge in [0.25, 0.3) is 0 Å². The van der Waals surface area contributed by atoms with E-state index in [4.69, 9.17) is 0 Å². The minimum absolute atomic E-state index is 0.589. The van der Waals surface area contributed by atoms with Crippen LogP contribution >= 0.6 is 23.1 Å². The van der Waals surface area contributed by atoms with Crippen LogP contribution in [0.4, 0.5) is 0 Å². The van der Waals surface area contributed by atoms with Crippen molar-refractivity contribution < 1.29 is 4.79 Å². The highest BCUT2D eigenvalue weighted by Gasteiger charge is 2.15. The molecule has 2 rings (SSSR count). The zero-order chi connectivity index (χ0) is 9.80. The highest BCUT2D eigenvalue weighted by atomic mass is 32.2. The van der Waals surface area contributed by atoms with Gasteiger partial charge in [0, 0.05) is 17.1 Å². The molecule has 1 aromatic heterocycles. The molecule has 1 aliphatic rings. The summed E-state index contributed by atoms with van der Waals surface area (Å²) in [5, 5.41) is 3.69. The van der Waals surface area contributed by atoms with Crippen LogP contribution in [0.25, 0.3) is 0 Å². The summed E-state index contributed by atoms with van der Waals surface area (Å²) >= 11 is 3.67. The number of aldehydes is 1. The first-order valence-electron chi connectivity index (χ1n) is 4.89. The van der Waals surface area contributed by atoms with Crippen molar-refractivity contribution in [1.29, 1.82) is 0 Å². The van der Waals surface area contributed by atoms with Crippen molar-refractivity contribution in [2.24, 2.45) is 0 Å². The summed E-state index contributed by atoms with van der Waals surface area (Å²) in [6.07, 6.45) is 5.89. The Hall–Kier alpha value is -0.350. The van der Waals surface area contributed by atoms with Crippen LogP contribution in [0.1, 0.15) is 34.8 Å². The van der Waals surface area contributed by atoms with Crippen LogP contribution < -0.4 is 0 Å². The number of rotatable bonds is 3. The fourth-order valence-corrected chi connectivity index (χ4v) is 3.88.